The molecule has 0 aromatic carbocycles. The van der Waals surface area contributed by atoms with Crippen LogP contribution in [0.25, 0.3) is 11.0 Å². The van der Waals surface area contributed by atoms with Gasteiger partial charge in [-0.3, -0.25) is 0 Å². The highest BCUT2D eigenvalue weighted by atomic mass is 127. The van der Waals surface area contributed by atoms with Crippen LogP contribution in [0.1, 0.15) is 11.1 Å². The van der Waals surface area contributed by atoms with Gasteiger partial charge < -0.3 is 4.98 Å². The van der Waals surface area contributed by atoms with E-state index in [1.165, 1.54) is 0 Å². The lowest BCUT2D eigenvalue weighted by molar-refractivity contribution is 1.28. The minimum absolute atomic E-state index is 0.644. The van der Waals surface area contributed by atoms with E-state index in [1.54, 1.807) is 6.20 Å². The van der Waals surface area contributed by atoms with Gasteiger partial charge in [-0.05, 0) is 35.1 Å². The van der Waals surface area contributed by atoms with Crippen molar-refractivity contribution in [2.75, 3.05) is 0 Å². The van der Waals surface area contributed by atoms with Crippen LogP contribution in [0.2, 0.25) is 0 Å². The van der Waals surface area contributed by atoms with Crippen LogP contribution in [-0.4, -0.2) is 9.97 Å². The Hall–Kier alpha value is -1.09. The van der Waals surface area contributed by atoms with Gasteiger partial charge in [0.05, 0.1) is 5.56 Å². The number of halogens is 1. The van der Waals surface area contributed by atoms with Crippen molar-refractivity contribution < 1.29 is 0 Å². The topological polar surface area (TPSA) is 52.5 Å². The fourth-order valence-electron chi connectivity index (χ4n) is 1.32. The molecule has 4 heteroatoms. The summed E-state index contributed by atoms with van der Waals surface area (Å²) in [6.45, 7) is 1.94. The number of aromatic nitrogens is 2. The molecule has 0 unspecified atom stereocenters. The summed E-state index contributed by atoms with van der Waals surface area (Å²) >= 11 is 2.23. The Balaban J connectivity index is 2.93. The third-order valence-corrected chi connectivity index (χ3v) is 2.88. The fraction of sp³-hybridized carbons (Fsp3) is 0.111. The van der Waals surface area contributed by atoms with Crippen molar-refractivity contribution in [3.05, 3.63) is 27.1 Å². The number of aromatic amines is 1. The van der Waals surface area contributed by atoms with Crippen LogP contribution in [0.5, 0.6) is 0 Å². The molecule has 0 aliphatic rings. The van der Waals surface area contributed by atoms with Gasteiger partial charge in [-0.1, -0.05) is 0 Å². The molecule has 0 aliphatic heterocycles. The number of nitriles is 1. The van der Waals surface area contributed by atoms with E-state index in [0.717, 1.165) is 20.2 Å². The van der Waals surface area contributed by atoms with Crippen molar-refractivity contribution >= 4 is 33.6 Å². The molecule has 0 fully saturated rings. The van der Waals surface area contributed by atoms with Crippen molar-refractivity contribution in [2.45, 2.75) is 6.92 Å². The Morgan fingerprint density at radius 3 is 3.08 bits per heavy atom. The predicted octanol–water partition coefficient (Wildman–Crippen LogP) is 2.35. The van der Waals surface area contributed by atoms with Gasteiger partial charge in [0.15, 0.2) is 0 Å². The first-order chi connectivity index (χ1) is 6.24. The first-order valence-corrected chi connectivity index (χ1v) is 4.84. The van der Waals surface area contributed by atoms with E-state index in [0.29, 0.717) is 5.56 Å². The minimum atomic E-state index is 0.644. The van der Waals surface area contributed by atoms with E-state index < -0.39 is 0 Å². The number of H-pyrrole nitrogens is 1. The number of nitrogens with zero attached hydrogens (tertiary/aromatic N) is 2. The van der Waals surface area contributed by atoms with E-state index in [1.807, 2.05) is 13.1 Å². The van der Waals surface area contributed by atoms with Gasteiger partial charge in [0.2, 0.25) is 0 Å². The molecule has 2 heterocycles. The molecule has 3 nitrogen and oxygen atoms in total. The van der Waals surface area contributed by atoms with Gasteiger partial charge in [-0.2, -0.15) is 5.26 Å². The number of hydrogen-bond acceptors (Lipinski definition) is 2. The van der Waals surface area contributed by atoms with E-state index in [4.69, 9.17) is 5.26 Å². The molecular weight excluding hydrogens is 277 g/mol. The average molecular weight is 283 g/mol. The predicted molar refractivity (Wildman–Crippen MR) is 58.3 cm³/mol. The Bertz CT molecular complexity index is 507. The summed E-state index contributed by atoms with van der Waals surface area (Å²) in [6, 6.07) is 2.12. The summed E-state index contributed by atoms with van der Waals surface area (Å²) in [6.07, 6.45) is 3.50. The smallest absolute Gasteiger partial charge is 0.138 e. The van der Waals surface area contributed by atoms with Crippen molar-refractivity contribution in [3.63, 3.8) is 0 Å². The number of hydrogen-bond donors (Lipinski definition) is 1. The lowest BCUT2D eigenvalue weighted by Gasteiger charge is -1.98. The van der Waals surface area contributed by atoms with Crippen LogP contribution in [0.15, 0.2) is 12.4 Å². The Labute approximate surface area is 88.9 Å². The van der Waals surface area contributed by atoms with Gasteiger partial charge in [0, 0.05) is 21.4 Å². The number of aryl methyl sites for hydroxylation is 1. The monoisotopic (exact) mass is 283 g/mol. The molecule has 0 bridgehead atoms. The second-order valence-corrected chi connectivity index (χ2v) is 3.93. The van der Waals surface area contributed by atoms with Crippen LogP contribution < -0.4 is 0 Å². The van der Waals surface area contributed by atoms with E-state index in [9.17, 15) is 0 Å². The molecule has 2 aromatic rings. The fourth-order valence-corrected chi connectivity index (χ4v) is 2.14. The Kier molecular flexibility index (Phi) is 1.96. The molecule has 2 aromatic heterocycles. The number of pyridine rings is 1. The van der Waals surface area contributed by atoms with Crippen molar-refractivity contribution in [1.82, 2.24) is 9.97 Å². The first kappa shape index (κ1) is 8.51. The summed E-state index contributed by atoms with van der Waals surface area (Å²) in [5.74, 6) is 0. The number of nitrogens with one attached hydrogen (secondary N) is 1. The van der Waals surface area contributed by atoms with Crippen molar-refractivity contribution in [1.29, 1.82) is 5.26 Å². The maximum absolute atomic E-state index is 8.80. The molecule has 2 rings (SSSR count). The minimum Gasteiger partial charge on any atom is -0.345 e. The highest BCUT2D eigenvalue weighted by Gasteiger charge is 2.08. The molecule has 0 radical (unpaired) electrons. The van der Waals surface area contributed by atoms with E-state index >= 15 is 0 Å². The largest absolute Gasteiger partial charge is 0.345 e. The lowest BCUT2D eigenvalue weighted by Crippen LogP contribution is -1.87. The molecular formula is C9H6IN3. The molecule has 0 saturated heterocycles. The van der Waals surface area contributed by atoms with Crippen molar-refractivity contribution in [3.8, 4) is 6.07 Å². The maximum Gasteiger partial charge on any atom is 0.138 e. The molecule has 0 amide bonds. The Morgan fingerprint density at radius 1 is 1.62 bits per heavy atom. The van der Waals surface area contributed by atoms with Crippen LogP contribution in [0.3, 0.4) is 0 Å². The second kappa shape index (κ2) is 3.00. The maximum atomic E-state index is 8.80. The third kappa shape index (κ3) is 1.20. The number of fused-ring (bicyclic) bond motifs is 1. The molecule has 0 saturated carbocycles. The quantitative estimate of drug-likeness (QED) is 0.754. The normalized spacial score (nSPS) is 10.2. The van der Waals surface area contributed by atoms with Gasteiger partial charge in [0.25, 0.3) is 0 Å². The first-order valence-electron chi connectivity index (χ1n) is 3.76. The van der Waals surface area contributed by atoms with Crippen LogP contribution in [0, 0.1) is 21.8 Å². The zero-order valence-corrected chi connectivity index (χ0v) is 9.08. The van der Waals surface area contributed by atoms with E-state index in [-0.39, 0.29) is 0 Å². The van der Waals surface area contributed by atoms with Gasteiger partial charge >= 0.3 is 0 Å². The second-order valence-electron chi connectivity index (χ2n) is 2.77. The summed E-state index contributed by atoms with van der Waals surface area (Å²) < 4.78 is 1.11. The standard InChI is InChI=1S/C9H6IN3/c1-5-6(2-11)3-12-9-8(5)7(10)4-13-9/h3-4H,1H3,(H,12,13). The van der Waals surface area contributed by atoms with Crippen LogP contribution in [-0.2, 0) is 0 Å². The molecule has 0 aliphatic carbocycles. The van der Waals surface area contributed by atoms with E-state index in [2.05, 4.69) is 38.6 Å². The third-order valence-electron chi connectivity index (χ3n) is 2.03. The zero-order chi connectivity index (χ0) is 9.42. The summed E-state index contributed by atoms with van der Waals surface area (Å²) in [7, 11) is 0. The molecule has 1 N–H and O–H groups in total. The van der Waals surface area contributed by atoms with Gasteiger partial charge in [-0.15, -0.1) is 0 Å². The highest BCUT2D eigenvalue weighted by Crippen LogP contribution is 2.23. The van der Waals surface area contributed by atoms with Crippen LogP contribution >= 0.6 is 22.6 Å². The average Bonchev–Trinajstić information content (AvgIpc) is 2.49. The van der Waals surface area contributed by atoms with Crippen molar-refractivity contribution in [2.24, 2.45) is 0 Å². The summed E-state index contributed by atoms with van der Waals surface area (Å²) in [5.41, 5.74) is 2.49. The molecule has 13 heavy (non-hydrogen) atoms. The van der Waals surface area contributed by atoms with Crippen LogP contribution in [0.4, 0.5) is 0 Å². The molecule has 64 valence electrons. The molecule has 0 atom stereocenters. The Morgan fingerprint density at radius 2 is 2.38 bits per heavy atom. The zero-order valence-electron chi connectivity index (χ0n) is 6.93. The van der Waals surface area contributed by atoms with Gasteiger partial charge in [-0.25, -0.2) is 4.98 Å². The SMILES string of the molecule is Cc1c(C#N)cnc2[nH]cc(I)c12. The van der Waals surface area contributed by atoms with Gasteiger partial charge in [0.1, 0.15) is 11.7 Å². The highest BCUT2D eigenvalue weighted by molar-refractivity contribution is 14.1. The lowest BCUT2D eigenvalue weighted by atomic mass is 10.1. The number of rotatable bonds is 0. The summed E-state index contributed by atoms with van der Waals surface area (Å²) in [5, 5.41) is 9.86. The molecule has 0 spiro atoms. The summed E-state index contributed by atoms with van der Waals surface area (Å²) in [4.78, 5) is 7.20.